The van der Waals surface area contributed by atoms with Crippen molar-refractivity contribution in [2.75, 3.05) is 33.9 Å². The number of fused-ring (bicyclic) bond motifs is 1. The van der Waals surface area contributed by atoms with Crippen molar-refractivity contribution in [3.05, 3.63) is 51.8 Å². The Kier molecular flexibility index (Phi) is 8.39. The molecule has 2 saturated carbocycles. The van der Waals surface area contributed by atoms with Crippen LogP contribution in [0.5, 0.6) is 17.2 Å². The van der Waals surface area contributed by atoms with Crippen molar-refractivity contribution in [3.8, 4) is 17.2 Å². The van der Waals surface area contributed by atoms with Crippen LogP contribution in [0.3, 0.4) is 0 Å². The van der Waals surface area contributed by atoms with Crippen molar-refractivity contribution < 1.29 is 38.1 Å². The molecule has 45 heavy (non-hydrogen) atoms. The van der Waals surface area contributed by atoms with Crippen molar-refractivity contribution in [2.24, 2.45) is 16.7 Å². The smallest absolute Gasteiger partial charge is 0.312 e. The van der Waals surface area contributed by atoms with Crippen LogP contribution in [0, 0.1) is 22.6 Å². The first-order valence-corrected chi connectivity index (χ1v) is 16.0. The van der Waals surface area contributed by atoms with Gasteiger partial charge in [-0.2, -0.15) is 0 Å². The van der Waals surface area contributed by atoms with E-state index in [9.17, 15) is 23.9 Å². The Balaban J connectivity index is 1.28. The van der Waals surface area contributed by atoms with Crippen LogP contribution in [0.25, 0.3) is 0 Å². The average Bonchev–Trinajstić information content (AvgIpc) is 3.72. The molecule has 11 heteroatoms. The maximum atomic E-state index is 14.9. The first-order valence-electron chi connectivity index (χ1n) is 15.7. The quantitative estimate of drug-likeness (QED) is 0.375. The van der Waals surface area contributed by atoms with Gasteiger partial charge in [0.25, 0.3) is 0 Å². The van der Waals surface area contributed by atoms with Crippen molar-refractivity contribution in [1.82, 2.24) is 9.80 Å². The summed E-state index contributed by atoms with van der Waals surface area (Å²) in [6.07, 6.45) is 5.21. The van der Waals surface area contributed by atoms with Gasteiger partial charge in [0.05, 0.1) is 31.6 Å². The van der Waals surface area contributed by atoms with Gasteiger partial charge in [0.2, 0.25) is 11.8 Å². The number of esters is 1. The number of benzene rings is 2. The lowest BCUT2D eigenvalue weighted by atomic mass is 9.66. The van der Waals surface area contributed by atoms with Gasteiger partial charge >= 0.3 is 5.97 Å². The number of carbonyl (C=O) groups excluding carboxylic acids is 3. The van der Waals surface area contributed by atoms with Crippen molar-refractivity contribution in [3.63, 3.8) is 0 Å². The minimum Gasteiger partial charge on any atom is -0.505 e. The summed E-state index contributed by atoms with van der Waals surface area (Å²) in [5, 5.41) is 11.2. The van der Waals surface area contributed by atoms with Crippen LogP contribution in [-0.4, -0.2) is 66.5 Å². The van der Waals surface area contributed by atoms with Crippen LogP contribution >= 0.6 is 11.6 Å². The second-order valence-electron chi connectivity index (χ2n) is 13.3. The minimum atomic E-state index is -1.11. The van der Waals surface area contributed by atoms with Gasteiger partial charge in [0, 0.05) is 48.3 Å². The average molecular weight is 643 g/mol. The number of aromatic hydroxyl groups is 1. The zero-order chi connectivity index (χ0) is 32.1. The SMILES string of the molecule is COc1ccc(COC(=O)[C@@]2(C)CCCC[C@H]2C(=O)N2CCc3c(Cl)cc(F)c(O)c3[C@H]2CN2CC3(CC3)CC2=O)c(OC)c1. The van der Waals surface area contributed by atoms with Crippen LogP contribution in [0.15, 0.2) is 24.3 Å². The third-order valence-corrected chi connectivity index (χ3v) is 10.9. The van der Waals surface area contributed by atoms with E-state index in [1.807, 2.05) is 0 Å². The number of likely N-dealkylation sites (tertiary alicyclic amines) is 1. The Bertz CT molecular complexity index is 1530. The third-order valence-electron chi connectivity index (χ3n) is 10.5. The number of methoxy groups -OCH3 is 2. The molecule has 4 aliphatic rings. The lowest BCUT2D eigenvalue weighted by Crippen LogP contribution is -2.53. The zero-order valence-electron chi connectivity index (χ0n) is 26.0. The molecule has 6 rings (SSSR count). The van der Waals surface area contributed by atoms with Gasteiger partial charge in [-0.3, -0.25) is 14.4 Å². The molecule has 9 nitrogen and oxygen atoms in total. The molecule has 2 aliphatic carbocycles. The number of halogens is 2. The summed E-state index contributed by atoms with van der Waals surface area (Å²) in [6.45, 7) is 2.71. The van der Waals surface area contributed by atoms with Crippen LogP contribution < -0.4 is 9.47 Å². The number of phenolic OH excluding ortho intramolecular Hbond substituents is 1. The van der Waals surface area contributed by atoms with Gasteiger partial charge in [-0.15, -0.1) is 0 Å². The van der Waals surface area contributed by atoms with E-state index >= 15 is 0 Å². The minimum absolute atomic E-state index is 0.00550. The van der Waals surface area contributed by atoms with E-state index in [1.165, 1.54) is 7.11 Å². The van der Waals surface area contributed by atoms with E-state index in [0.29, 0.717) is 54.9 Å². The molecule has 1 N–H and O–H groups in total. The standard InChI is InChI=1S/C34H40ClFN2O7/c1-33(32(42)45-18-20-7-8-21(43-2)14-27(20)44-3)10-5-4-6-23(33)31(41)38-13-9-22-24(35)15-25(36)30(40)29(22)26(38)17-37-19-34(11-12-34)16-28(37)39/h7-8,14-15,23,26,40H,4-6,9-13,16-19H2,1-3H3/t23-,26+,33-/m0/s1. The predicted octanol–water partition coefficient (Wildman–Crippen LogP) is 5.58. The topological polar surface area (TPSA) is 106 Å². The van der Waals surface area contributed by atoms with Crippen molar-refractivity contribution >= 4 is 29.4 Å². The molecule has 0 unspecified atom stereocenters. The van der Waals surface area contributed by atoms with Crippen LogP contribution in [0.2, 0.25) is 5.02 Å². The summed E-state index contributed by atoms with van der Waals surface area (Å²) < 4.78 is 31.5. The molecule has 2 amide bonds. The van der Waals surface area contributed by atoms with Crippen LogP contribution in [0.4, 0.5) is 4.39 Å². The van der Waals surface area contributed by atoms with E-state index in [-0.39, 0.29) is 47.5 Å². The highest BCUT2D eigenvalue weighted by Gasteiger charge is 2.54. The second kappa shape index (κ2) is 12.0. The fraction of sp³-hybridized carbons (Fsp3) is 0.559. The molecule has 2 aliphatic heterocycles. The number of ether oxygens (including phenoxy) is 3. The summed E-state index contributed by atoms with van der Waals surface area (Å²) in [6, 6.07) is 5.53. The highest BCUT2D eigenvalue weighted by molar-refractivity contribution is 6.31. The molecule has 3 atom stereocenters. The predicted molar refractivity (Wildman–Crippen MR) is 164 cm³/mol. The first kappa shape index (κ1) is 31.5. The van der Waals surface area contributed by atoms with Gasteiger partial charge in [-0.05, 0) is 68.2 Å². The molecule has 0 radical (unpaired) electrons. The van der Waals surface area contributed by atoms with Gasteiger partial charge in [-0.1, -0.05) is 24.4 Å². The summed E-state index contributed by atoms with van der Waals surface area (Å²) in [4.78, 5) is 44.8. The number of hydrogen-bond donors (Lipinski definition) is 1. The molecule has 1 spiro atoms. The third kappa shape index (κ3) is 5.70. The van der Waals surface area contributed by atoms with Crippen LogP contribution in [-0.2, 0) is 32.1 Å². The highest BCUT2D eigenvalue weighted by atomic mass is 35.5. The Labute approximate surface area is 267 Å². The van der Waals surface area contributed by atoms with Crippen molar-refractivity contribution in [1.29, 1.82) is 0 Å². The summed E-state index contributed by atoms with van der Waals surface area (Å²) in [5.41, 5.74) is 0.374. The maximum absolute atomic E-state index is 14.9. The zero-order valence-corrected chi connectivity index (χ0v) is 26.8. The van der Waals surface area contributed by atoms with Gasteiger partial charge in [0.15, 0.2) is 11.6 Å². The molecule has 242 valence electrons. The lowest BCUT2D eigenvalue weighted by molar-refractivity contribution is -0.169. The normalized spacial score (nSPS) is 25.2. The molecule has 2 aromatic carbocycles. The highest BCUT2D eigenvalue weighted by Crippen LogP contribution is 2.54. The first-order chi connectivity index (χ1) is 21.5. The van der Waals surface area contributed by atoms with E-state index in [0.717, 1.165) is 31.7 Å². The molecule has 0 aromatic heterocycles. The van der Waals surface area contributed by atoms with Gasteiger partial charge in [-0.25, -0.2) is 4.39 Å². The number of phenols is 1. The van der Waals surface area contributed by atoms with E-state index in [4.69, 9.17) is 25.8 Å². The van der Waals surface area contributed by atoms with Crippen molar-refractivity contribution in [2.45, 2.75) is 70.9 Å². The molecule has 1 saturated heterocycles. The number of carbonyl (C=O) groups is 3. The molecule has 3 fully saturated rings. The summed E-state index contributed by atoms with van der Waals surface area (Å²) in [5.74, 6) is -1.74. The molecule has 2 aromatic rings. The largest absolute Gasteiger partial charge is 0.505 e. The number of nitrogens with zero attached hydrogens (tertiary/aromatic N) is 2. The lowest BCUT2D eigenvalue weighted by Gasteiger charge is -2.45. The maximum Gasteiger partial charge on any atom is 0.312 e. The Hall–Kier alpha value is -3.53. The summed E-state index contributed by atoms with van der Waals surface area (Å²) >= 11 is 6.46. The number of hydrogen-bond acceptors (Lipinski definition) is 7. The van der Waals surface area contributed by atoms with Crippen LogP contribution in [0.1, 0.15) is 74.6 Å². The second-order valence-corrected chi connectivity index (χ2v) is 13.7. The molecular formula is C34H40ClFN2O7. The van der Waals surface area contributed by atoms with E-state index < -0.39 is 34.9 Å². The fourth-order valence-corrected chi connectivity index (χ4v) is 7.89. The molecule has 2 heterocycles. The van der Waals surface area contributed by atoms with E-state index in [2.05, 4.69) is 0 Å². The van der Waals surface area contributed by atoms with Gasteiger partial charge < -0.3 is 29.1 Å². The monoisotopic (exact) mass is 642 g/mol. The Morgan fingerprint density at radius 3 is 2.60 bits per heavy atom. The fourth-order valence-electron chi connectivity index (χ4n) is 7.60. The number of amides is 2. The summed E-state index contributed by atoms with van der Waals surface area (Å²) in [7, 11) is 3.08. The number of rotatable bonds is 8. The Morgan fingerprint density at radius 1 is 1.13 bits per heavy atom. The molecular weight excluding hydrogens is 603 g/mol. The molecule has 0 bridgehead atoms. The van der Waals surface area contributed by atoms with Gasteiger partial charge in [0.1, 0.15) is 18.1 Å². The van der Waals surface area contributed by atoms with E-state index in [1.54, 1.807) is 42.0 Å². The Morgan fingerprint density at radius 2 is 1.91 bits per heavy atom.